The lowest BCUT2D eigenvalue weighted by molar-refractivity contribution is -0.138. The van der Waals surface area contributed by atoms with Crippen molar-refractivity contribution in [2.75, 3.05) is 13.1 Å². The highest BCUT2D eigenvalue weighted by Crippen LogP contribution is 2.53. The van der Waals surface area contributed by atoms with Gasteiger partial charge in [-0.3, -0.25) is 9.88 Å². The fraction of sp³-hybridized carbons (Fsp3) is 0.667. The number of alkyl halides is 3. The molecule has 0 aromatic carbocycles. The first-order valence-corrected chi connectivity index (χ1v) is 7.08. The number of likely N-dealkylation sites (tertiary alicyclic amines) is 1. The fourth-order valence-corrected chi connectivity index (χ4v) is 3.02. The monoisotopic (exact) mass is 284 g/mol. The van der Waals surface area contributed by atoms with Crippen molar-refractivity contribution in [2.24, 2.45) is 5.41 Å². The average molecular weight is 284 g/mol. The molecule has 0 bridgehead atoms. The molecule has 1 saturated heterocycles. The zero-order valence-corrected chi connectivity index (χ0v) is 11.8. The van der Waals surface area contributed by atoms with E-state index in [-0.39, 0.29) is 11.6 Å². The van der Waals surface area contributed by atoms with Gasteiger partial charge in [0, 0.05) is 19.6 Å². The van der Waals surface area contributed by atoms with Crippen LogP contribution >= 0.6 is 0 Å². The molecule has 1 aliphatic carbocycles. The van der Waals surface area contributed by atoms with Crippen LogP contribution in [-0.4, -0.2) is 23.0 Å². The molecular formula is C15H19F3N2. The number of pyridine rings is 1. The maximum atomic E-state index is 12.9. The molecule has 2 nitrogen and oxygen atoms in total. The van der Waals surface area contributed by atoms with Gasteiger partial charge in [-0.1, -0.05) is 13.8 Å². The van der Waals surface area contributed by atoms with Gasteiger partial charge in [-0.05, 0) is 36.3 Å². The van der Waals surface area contributed by atoms with Crippen LogP contribution < -0.4 is 0 Å². The van der Waals surface area contributed by atoms with Crippen molar-refractivity contribution in [2.45, 2.75) is 45.3 Å². The lowest BCUT2D eigenvalue weighted by Crippen LogP contribution is -2.47. The third kappa shape index (κ3) is 2.55. The summed E-state index contributed by atoms with van der Waals surface area (Å²) in [6.45, 7) is 6.33. The number of halogens is 3. The molecule has 1 aliphatic heterocycles. The summed E-state index contributed by atoms with van der Waals surface area (Å²) in [6.07, 6.45) is -1.71. The lowest BCUT2D eigenvalue weighted by Gasteiger charge is -2.39. The summed E-state index contributed by atoms with van der Waals surface area (Å²) in [7, 11) is 0. The third-order valence-corrected chi connectivity index (χ3v) is 4.30. The summed E-state index contributed by atoms with van der Waals surface area (Å²) < 4.78 is 38.8. The highest BCUT2D eigenvalue weighted by molar-refractivity contribution is 5.28. The van der Waals surface area contributed by atoms with Gasteiger partial charge < -0.3 is 0 Å². The highest BCUT2D eigenvalue weighted by Gasteiger charge is 2.51. The van der Waals surface area contributed by atoms with Crippen LogP contribution in [0.5, 0.6) is 0 Å². The van der Waals surface area contributed by atoms with Crippen LogP contribution in [0.25, 0.3) is 0 Å². The van der Waals surface area contributed by atoms with E-state index in [0.717, 1.165) is 18.8 Å². The maximum absolute atomic E-state index is 12.9. The van der Waals surface area contributed by atoms with Crippen LogP contribution in [0, 0.1) is 5.41 Å². The zero-order chi connectivity index (χ0) is 14.5. The van der Waals surface area contributed by atoms with Crippen LogP contribution in [0.15, 0.2) is 12.1 Å². The first-order chi connectivity index (χ1) is 9.29. The molecule has 2 aliphatic rings. The largest absolute Gasteiger partial charge is 0.418 e. The van der Waals surface area contributed by atoms with Gasteiger partial charge in [-0.2, -0.15) is 13.2 Å². The van der Waals surface area contributed by atoms with Crippen molar-refractivity contribution < 1.29 is 13.2 Å². The summed E-state index contributed by atoms with van der Waals surface area (Å²) in [5.41, 5.74) is 0.875. The number of hydrogen-bond donors (Lipinski definition) is 0. The molecule has 2 fully saturated rings. The minimum absolute atomic E-state index is 0.164. The molecule has 0 unspecified atom stereocenters. The summed E-state index contributed by atoms with van der Waals surface area (Å²) in [6, 6.07) is 2.71. The second-order valence-electron chi connectivity index (χ2n) is 6.53. The first kappa shape index (κ1) is 13.9. The van der Waals surface area contributed by atoms with E-state index in [1.54, 1.807) is 13.8 Å². The Kier molecular flexibility index (Phi) is 3.08. The van der Waals surface area contributed by atoms with Gasteiger partial charge >= 0.3 is 6.18 Å². The first-order valence-electron chi connectivity index (χ1n) is 7.08. The standard InChI is InChI=1S/C15H19F3N2/c1-10(2)13-12(15(16,17)18)4-3-11(19-13)7-20-8-14(9-20)5-6-14/h3-4,10H,5-9H2,1-2H3. The molecule has 0 atom stereocenters. The smallest absolute Gasteiger partial charge is 0.296 e. The molecule has 110 valence electrons. The topological polar surface area (TPSA) is 16.1 Å². The van der Waals surface area contributed by atoms with E-state index in [1.165, 1.54) is 25.0 Å². The van der Waals surface area contributed by atoms with Crippen molar-refractivity contribution in [1.29, 1.82) is 0 Å². The van der Waals surface area contributed by atoms with E-state index in [4.69, 9.17) is 0 Å². The van der Waals surface area contributed by atoms with E-state index in [0.29, 0.717) is 12.0 Å². The minimum Gasteiger partial charge on any atom is -0.296 e. The van der Waals surface area contributed by atoms with Crippen LogP contribution in [-0.2, 0) is 12.7 Å². The summed E-state index contributed by atoms with van der Waals surface area (Å²) in [4.78, 5) is 6.54. The molecule has 0 amide bonds. The van der Waals surface area contributed by atoms with Crippen LogP contribution in [0.2, 0.25) is 0 Å². The van der Waals surface area contributed by atoms with E-state index in [9.17, 15) is 13.2 Å². The Bertz CT molecular complexity index is 510. The van der Waals surface area contributed by atoms with Crippen LogP contribution in [0.3, 0.4) is 0 Å². The van der Waals surface area contributed by atoms with Gasteiger partial charge in [-0.25, -0.2) is 0 Å². The molecule has 3 rings (SSSR count). The lowest BCUT2D eigenvalue weighted by atomic mass is 9.96. The number of hydrogen-bond acceptors (Lipinski definition) is 2. The van der Waals surface area contributed by atoms with Gasteiger partial charge in [0.05, 0.1) is 17.0 Å². The summed E-state index contributed by atoms with van der Waals surface area (Å²) in [5.74, 6) is -0.224. The third-order valence-electron chi connectivity index (χ3n) is 4.30. The molecule has 0 N–H and O–H groups in total. The van der Waals surface area contributed by atoms with Gasteiger partial charge in [-0.15, -0.1) is 0 Å². The maximum Gasteiger partial charge on any atom is 0.418 e. The average Bonchev–Trinajstić information content (AvgIpc) is 3.07. The normalized spacial score (nSPS) is 21.3. The number of aromatic nitrogens is 1. The van der Waals surface area contributed by atoms with Crippen molar-refractivity contribution >= 4 is 0 Å². The molecular weight excluding hydrogens is 265 g/mol. The molecule has 2 heterocycles. The molecule has 1 aromatic heterocycles. The van der Waals surface area contributed by atoms with E-state index in [1.807, 2.05) is 0 Å². The quantitative estimate of drug-likeness (QED) is 0.839. The Labute approximate surface area is 117 Å². The fourth-order valence-electron chi connectivity index (χ4n) is 3.02. The van der Waals surface area contributed by atoms with Gasteiger partial charge in [0.25, 0.3) is 0 Å². The molecule has 1 spiro atoms. The van der Waals surface area contributed by atoms with Crippen molar-refractivity contribution in [3.8, 4) is 0 Å². The second kappa shape index (κ2) is 4.45. The number of nitrogens with zero attached hydrogens (tertiary/aromatic N) is 2. The summed E-state index contributed by atoms with van der Waals surface area (Å²) in [5, 5.41) is 0. The van der Waals surface area contributed by atoms with E-state index in [2.05, 4.69) is 9.88 Å². The predicted molar refractivity (Wildman–Crippen MR) is 70.3 cm³/mol. The molecule has 1 saturated carbocycles. The molecule has 0 radical (unpaired) electrons. The Morgan fingerprint density at radius 1 is 1.25 bits per heavy atom. The zero-order valence-electron chi connectivity index (χ0n) is 11.8. The molecule has 5 heteroatoms. The van der Waals surface area contributed by atoms with E-state index >= 15 is 0 Å². The van der Waals surface area contributed by atoms with Gasteiger partial charge in [0.1, 0.15) is 0 Å². The number of rotatable bonds is 3. The predicted octanol–water partition coefficient (Wildman–Crippen LogP) is 3.82. The van der Waals surface area contributed by atoms with Crippen molar-refractivity contribution in [3.05, 3.63) is 29.1 Å². The van der Waals surface area contributed by atoms with Crippen LogP contribution in [0.4, 0.5) is 13.2 Å². The second-order valence-corrected chi connectivity index (χ2v) is 6.53. The van der Waals surface area contributed by atoms with Crippen molar-refractivity contribution in [3.63, 3.8) is 0 Å². The highest BCUT2D eigenvalue weighted by atomic mass is 19.4. The minimum atomic E-state index is -4.32. The Hall–Kier alpha value is -1.10. The Morgan fingerprint density at radius 2 is 1.90 bits per heavy atom. The Balaban J connectivity index is 1.77. The van der Waals surface area contributed by atoms with E-state index < -0.39 is 11.7 Å². The van der Waals surface area contributed by atoms with Gasteiger partial charge in [0.15, 0.2) is 0 Å². The molecule has 1 aromatic rings. The van der Waals surface area contributed by atoms with Crippen LogP contribution in [0.1, 0.15) is 49.6 Å². The van der Waals surface area contributed by atoms with Crippen molar-refractivity contribution in [1.82, 2.24) is 9.88 Å². The molecule has 20 heavy (non-hydrogen) atoms. The van der Waals surface area contributed by atoms with Gasteiger partial charge in [0.2, 0.25) is 0 Å². The summed E-state index contributed by atoms with van der Waals surface area (Å²) >= 11 is 0. The Morgan fingerprint density at radius 3 is 2.40 bits per heavy atom. The SMILES string of the molecule is CC(C)c1nc(CN2CC3(CC3)C2)ccc1C(F)(F)F.